The van der Waals surface area contributed by atoms with E-state index in [1.807, 2.05) is 17.2 Å². The molecule has 1 aliphatic rings. The molecule has 3 rings (SSSR count). The number of rotatable bonds is 3. The lowest BCUT2D eigenvalue weighted by Crippen LogP contribution is -2.18. The summed E-state index contributed by atoms with van der Waals surface area (Å²) in [5.41, 5.74) is 2.08. The lowest BCUT2D eigenvalue weighted by molar-refractivity contribution is 0.282. The highest BCUT2D eigenvalue weighted by atomic mass is 32.2. The number of aromatic nitrogens is 1. The molecule has 0 saturated heterocycles. The fourth-order valence-electron chi connectivity index (χ4n) is 2.13. The summed E-state index contributed by atoms with van der Waals surface area (Å²) in [6.45, 7) is 2.18. The largest absolute Gasteiger partial charge is 0.478 e. The minimum Gasteiger partial charge on any atom is -0.478 e. The van der Waals surface area contributed by atoms with Crippen LogP contribution in [-0.2, 0) is 14.6 Å². The van der Waals surface area contributed by atoms with Crippen molar-refractivity contribution in [1.29, 1.82) is 0 Å². The topological polar surface area (TPSA) is 59.5 Å². The lowest BCUT2D eigenvalue weighted by Gasteiger charge is -2.17. The number of halogens is 1. The molecule has 116 valence electrons. The third kappa shape index (κ3) is 2.71. The number of hydrogen-bond acceptors (Lipinski definition) is 6. The maximum Gasteiger partial charge on any atom is 0.192 e. The standard InChI is InChI=1S/C14H13FN2O3S2/c1-9-7-21-14(16-9)17-8-20-6-12(17)10-3-4-13(11(15)5-10)22(2,18)19/h3-7H,8H2,1-2H3. The SMILES string of the molecule is Cc1csc(N2COC=C2c2ccc(S(C)(=O)=O)c(F)c2)n1. The summed E-state index contributed by atoms with van der Waals surface area (Å²) >= 11 is 1.46. The molecule has 22 heavy (non-hydrogen) atoms. The van der Waals surface area contributed by atoms with Gasteiger partial charge in [-0.25, -0.2) is 17.8 Å². The first-order chi connectivity index (χ1) is 10.4. The molecule has 1 aromatic heterocycles. The predicted octanol–water partition coefficient (Wildman–Crippen LogP) is 2.79. The van der Waals surface area contributed by atoms with Gasteiger partial charge in [0, 0.05) is 17.2 Å². The predicted molar refractivity (Wildman–Crippen MR) is 82.8 cm³/mol. The van der Waals surface area contributed by atoms with Crippen LogP contribution in [-0.4, -0.2) is 26.4 Å². The van der Waals surface area contributed by atoms with E-state index >= 15 is 0 Å². The van der Waals surface area contributed by atoms with Crippen molar-refractivity contribution >= 4 is 32.0 Å². The summed E-state index contributed by atoms with van der Waals surface area (Å²) in [5, 5.41) is 2.66. The number of anilines is 1. The molecule has 5 nitrogen and oxygen atoms in total. The molecule has 8 heteroatoms. The smallest absolute Gasteiger partial charge is 0.192 e. The van der Waals surface area contributed by atoms with Gasteiger partial charge in [0.25, 0.3) is 0 Å². The van der Waals surface area contributed by atoms with Crippen LogP contribution < -0.4 is 4.90 Å². The summed E-state index contributed by atoms with van der Waals surface area (Å²) in [6.07, 6.45) is 2.50. The van der Waals surface area contributed by atoms with Crippen LogP contribution in [0, 0.1) is 12.7 Å². The van der Waals surface area contributed by atoms with Gasteiger partial charge >= 0.3 is 0 Å². The number of benzene rings is 1. The van der Waals surface area contributed by atoms with E-state index in [0.29, 0.717) is 11.3 Å². The molecule has 0 radical (unpaired) electrons. The van der Waals surface area contributed by atoms with Crippen LogP contribution in [0.1, 0.15) is 11.3 Å². The van der Waals surface area contributed by atoms with Crippen molar-refractivity contribution in [2.24, 2.45) is 0 Å². The molecular weight excluding hydrogens is 327 g/mol. The van der Waals surface area contributed by atoms with Gasteiger partial charge in [-0.05, 0) is 19.1 Å². The average Bonchev–Trinajstić information content (AvgIpc) is 3.05. The minimum absolute atomic E-state index is 0.289. The van der Waals surface area contributed by atoms with Gasteiger partial charge in [-0.2, -0.15) is 0 Å². The monoisotopic (exact) mass is 340 g/mol. The van der Waals surface area contributed by atoms with E-state index in [1.54, 1.807) is 6.07 Å². The Morgan fingerprint density at radius 3 is 2.77 bits per heavy atom. The van der Waals surface area contributed by atoms with Gasteiger partial charge in [-0.1, -0.05) is 6.07 Å². The molecule has 0 unspecified atom stereocenters. The van der Waals surface area contributed by atoms with Crippen molar-refractivity contribution in [3.05, 3.63) is 46.9 Å². The molecule has 1 aromatic carbocycles. The molecule has 0 amide bonds. The number of aryl methyl sites for hydroxylation is 1. The second-order valence-electron chi connectivity index (χ2n) is 4.92. The first-order valence-corrected chi connectivity index (χ1v) is 9.15. The average molecular weight is 340 g/mol. The number of ether oxygens (including phenoxy) is 1. The van der Waals surface area contributed by atoms with Crippen molar-refractivity contribution in [3.8, 4) is 0 Å². The van der Waals surface area contributed by atoms with Crippen LogP contribution in [0.5, 0.6) is 0 Å². The van der Waals surface area contributed by atoms with Crippen LogP contribution in [0.2, 0.25) is 0 Å². The maximum absolute atomic E-state index is 14.1. The zero-order chi connectivity index (χ0) is 15.9. The molecular formula is C14H13FN2O3S2. The van der Waals surface area contributed by atoms with Gasteiger partial charge < -0.3 is 4.74 Å². The Hall–Kier alpha value is -1.93. The first kappa shape index (κ1) is 15.0. The maximum atomic E-state index is 14.1. The highest BCUT2D eigenvalue weighted by Gasteiger charge is 2.24. The normalized spacial score (nSPS) is 14.9. The van der Waals surface area contributed by atoms with Gasteiger partial charge in [0.05, 0.1) is 11.4 Å². The second kappa shape index (κ2) is 5.36. The third-order valence-electron chi connectivity index (χ3n) is 3.15. The van der Waals surface area contributed by atoms with Gasteiger partial charge in [-0.15, -0.1) is 11.3 Å². The fraction of sp³-hybridized carbons (Fsp3) is 0.214. The Bertz CT molecular complexity index is 859. The summed E-state index contributed by atoms with van der Waals surface area (Å²) < 4.78 is 42.3. The Labute approximate surface area is 131 Å². The number of sulfone groups is 1. The van der Waals surface area contributed by atoms with E-state index in [9.17, 15) is 12.8 Å². The summed E-state index contributed by atoms with van der Waals surface area (Å²) in [6, 6.07) is 4.03. The summed E-state index contributed by atoms with van der Waals surface area (Å²) in [4.78, 5) is 5.88. The Balaban J connectivity index is 1.99. The van der Waals surface area contributed by atoms with E-state index < -0.39 is 15.7 Å². The molecule has 0 aliphatic carbocycles. The van der Waals surface area contributed by atoms with Crippen molar-refractivity contribution in [2.45, 2.75) is 11.8 Å². The van der Waals surface area contributed by atoms with E-state index in [0.717, 1.165) is 17.1 Å². The Kier molecular flexibility index (Phi) is 3.65. The second-order valence-corrected chi connectivity index (χ2v) is 7.74. The lowest BCUT2D eigenvalue weighted by atomic mass is 10.1. The van der Waals surface area contributed by atoms with Crippen molar-refractivity contribution in [3.63, 3.8) is 0 Å². The van der Waals surface area contributed by atoms with E-state index in [2.05, 4.69) is 4.98 Å². The zero-order valence-corrected chi connectivity index (χ0v) is 13.5. The van der Waals surface area contributed by atoms with Crippen LogP contribution >= 0.6 is 11.3 Å². The molecule has 1 aliphatic heterocycles. The first-order valence-electron chi connectivity index (χ1n) is 6.37. The van der Waals surface area contributed by atoms with Crippen LogP contribution in [0.3, 0.4) is 0 Å². The number of nitrogens with zero attached hydrogens (tertiary/aromatic N) is 2. The van der Waals surface area contributed by atoms with Gasteiger partial charge in [0.15, 0.2) is 21.7 Å². The highest BCUT2D eigenvalue weighted by molar-refractivity contribution is 7.90. The molecule has 0 fully saturated rings. The van der Waals surface area contributed by atoms with E-state index in [-0.39, 0.29) is 11.6 Å². The zero-order valence-electron chi connectivity index (χ0n) is 11.9. The third-order valence-corrected chi connectivity index (χ3v) is 5.27. The van der Waals surface area contributed by atoms with Crippen molar-refractivity contribution in [2.75, 3.05) is 17.9 Å². The Morgan fingerprint density at radius 2 is 2.18 bits per heavy atom. The summed E-state index contributed by atoms with van der Waals surface area (Å²) in [5.74, 6) is -0.775. The Morgan fingerprint density at radius 1 is 1.41 bits per heavy atom. The molecule has 0 N–H and O–H groups in total. The molecule has 0 atom stereocenters. The quantitative estimate of drug-likeness (QED) is 0.860. The summed E-state index contributed by atoms with van der Waals surface area (Å²) in [7, 11) is -3.59. The van der Waals surface area contributed by atoms with E-state index in [4.69, 9.17) is 4.74 Å². The van der Waals surface area contributed by atoms with Gasteiger partial charge in [-0.3, -0.25) is 4.90 Å². The van der Waals surface area contributed by atoms with Crippen LogP contribution in [0.4, 0.5) is 9.52 Å². The molecule has 0 spiro atoms. The molecule has 0 bridgehead atoms. The van der Waals surface area contributed by atoms with Gasteiger partial charge in [0.2, 0.25) is 0 Å². The molecule has 2 heterocycles. The number of thiazole rings is 1. The molecule has 2 aromatic rings. The van der Waals surface area contributed by atoms with Crippen molar-refractivity contribution < 1.29 is 17.5 Å². The van der Waals surface area contributed by atoms with Gasteiger partial charge in [0.1, 0.15) is 17.0 Å². The number of hydrogen-bond donors (Lipinski definition) is 0. The van der Waals surface area contributed by atoms with Crippen molar-refractivity contribution in [1.82, 2.24) is 4.98 Å². The minimum atomic E-state index is -3.59. The van der Waals surface area contributed by atoms with Crippen LogP contribution in [0.15, 0.2) is 34.7 Å². The fourth-order valence-corrected chi connectivity index (χ4v) is 3.66. The van der Waals surface area contributed by atoms with E-state index in [1.165, 1.54) is 29.7 Å². The molecule has 0 saturated carbocycles. The van der Waals surface area contributed by atoms with Crippen LogP contribution in [0.25, 0.3) is 5.70 Å². The highest BCUT2D eigenvalue weighted by Crippen LogP contribution is 2.33.